The summed E-state index contributed by atoms with van der Waals surface area (Å²) in [5.74, 6) is 0.625. The molecule has 0 aliphatic heterocycles. The van der Waals surface area contributed by atoms with Gasteiger partial charge in [-0.15, -0.1) is 0 Å². The highest BCUT2D eigenvalue weighted by Gasteiger charge is 2.05. The lowest BCUT2D eigenvalue weighted by Gasteiger charge is -2.00. The molecule has 0 aliphatic rings. The molecule has 3 aromatic heterocycles. The topological polar surface area (TPSA) is 69.4 Å². The number of rotatable bonds is 2. The summed E-state index contributed by atoms with van der Waals surface area (Å²) in [6.07, 6.45) is 4.91. The fraction of sp³-hybridized carbons (Fsp3) is 0. The van der Waals surface area contributed by atoms with Gasteiger partial charge in [-0.2, -0.15) is 10.1 Å². The average Bonchev–Trinajstić information content (AvgIpc) is 3.13. The minimum Gasteiger partial charge on any atom is -0.226 e. The average molecular weight is 440 g/mol. The van der Waals surface area contributed by atoms with Crippen molar-refractivity contribution in [1.29, 1.82) is 0 Å². The van der Waals surface area contributed by atoms with Crippen molar-refractivity contribution in [3.8, 4) is 17.1 Å². The van der Waals surface area contributed by atoms with E-state index in [1.807, 2.05) is 36.5 Å². The highest BCUT2D eigenvalue weighted by Crippen LogP contribution is 2.20. The molecule has 0 unspecified atom stereocenters. The van der Waals surface area contributed by atoms with Crippen LogP contribution in [0.4, 0.5) is 0 Å². The van der Waals surface area contributed by atoms with E-state index in [1.54, 1.807) is 23.0 Å². The molecule has 4 aromatic rings. The molecule has 3 heterocycles. The third kappa shape index (κ3) is 5.61. The Balaban J connectivity index is 0.000000221. The summed E-state index contributed by atoms with van der Waals surface area (Å²) in [6, 6.07) is 12.7. The summed E-state index contributed by atoms with van der Waals surface area (Å²) < 4.78 is 1.65. The molecule has 10 heteroatoms. The van der Waals surface area contributed by atoms with E-state index in [-0.39, 0.29) is 10.6 Å². The second-order valence-corrected chi connectivity index (χ2v) is 6.48. The molecular weight excluding hydrogens is 430 g/mol. The standard InChI is InChI=1S/C13H8Cl2N4.C4H2Cl2N2/c14-10-3-1-9(2-4-10)11-6-8-19(18-11)12-5-7-16-13(15)17-12;5-3-1-2-7-4(6)8-3/h1-8H;1-2H. The molecule has 0 amide bonds. The zero-order valence-electron chi connectivity index (χ0n) is 13.5. The fourth-order valence-corrected chi connectivity index (χ4v) is 2.59. The van der Waals surface area contributed by atoms with Crippen molar-refractivity contribution in [1.82, 2.24) is 29.7 Å². The van der Waals surface area contributed by atoms with Crippen LogP contribution in [0.2, 0.25) is 20.7 Å². The summed E-state index contributed by atoms with van der Waals surface area (Å²) in [5.41, 5.74) is 1.83. The number of halogens is 4. The van der Waals surface area contributed by atoms with Crippen molar-refractivity contribution in [2.75, 3.05) is 0 Å². The second-order valence-electron chi connectivity index (χ2n) is 4.98. The first-order valence-corrected chi connectivity index (χ1v) is 8.97. The van der Waals surface area contributed by atoms with Crippen LogP contribution in [-0.2, 0) is 0 Å². The van der Waals surface area contributed by atoms with Gasteiger partial charge in [0.2, 0.25) is 10.6 Å². The van der Waals surface area contributed by atoms with Crippen molar-refractivity contribution in [2.24, 2.45) is 0 Å². The number of aromatic nitrogens is 6. The Hall–Kier alpha value is -2.25. The molecule has 0 aliphatic carbocycles. The predicted molar refractivity (Wildman–Crippen MR) is 107 cm³/mol. The molecule has 0 radical (unpaired) electrons. The van der Waals surface area contributed by atoms with Crippen LogP contribution in [0.3, 0.4) is 0 Å². The summed E-state index contributed by atoms with van der Waals surface area (Å²) >= 11 is 22.4. The van der Waals surface area contributed by atoms with E-state index in [4.69, 9.17) is 46.4 Å². The number of hydrogen-bond donors (Lipinski definition) is 0. The summed E-state index contributed by atoms with van der Waals surface area (Å²) in [5, 5.41) is 5.89. The Kier molecular flexibility index (Phi) is 6.58. The van der Waals surface area contributed by atoms with E-state index in [9.17, 15) is 0 Å². The molecule has 0 saturated heterocycles. The Morgan fingerprint density at radius 2 is 1.37 bits per heavy atom. The van der Waals surface area contributed by atoms with Crippen molar-refractivity contribution in [3.63, 3.8) is 0 Å². The summed E-state index contributed by atoms with van der Waals surface area (Å²) in [6.45, 7) is 0. The lowest BCUT2D eigenvalue weighted by Crippen LogP contribution is -1.99. The van der Waals surface area contributed by atoms with Gasteiger partial charge >= 0.3 is 0 Å². The highest BCUT2D eigenvalue weighted by molar-refractivity contribution is 6.31. The molecule has 136 valence electrons. The minimum absolute atomic E-state index is 0.178. The molecule has 0 N–H and O–H groups in total. The van der Waals surface area contributed by atoms with Gasteiger partial charge in [-0.05, 0) is 47.5 Å². The Labute approximate surface area is 174 Å². The quantitative estimate of drug-likeness (QED) is 0.308. The molecule has 1 aromatic carbocycles. The molecular formula is C17H10Cl4N6. The maximum atomic E-state index is 5.86. The molecule has 0 atom stereocenters. The van der Waals surface area contributed by atoms with Crippen LogP contribution in [0.25, 0.3) is 17.1 Å². The normalized spacial score (nSPS) is 10.2. The van der Waals surface area contributed by atoms with Gasteiger partial charge in [0.1, 0.15) is 5.15 Å². The molecule has 0 spiro atoms. The van der Waals surface area contributed by atoms with Crippen LogP contribution in [-0.4, -0.2) is 29.7 Å². The molecule has 6 nitrogen and oxygen atoms in total. The molecule has 0 saturated carbocycles. The third-order valence-corrected chi connectivity index (χ3v) is 3.99. The van der Waals surface area contributed by atoms with Gasteiger partial charge in [-0.25, -0.2) is 19.6 Å². The van der Waals surface area contributed by atoms with Crippen LogP contribution in [0, 0.1) is 0 Å². The monoisotopic (exact) mass is 438 g/mol. The molecule has 4 rings (SSSR count). The van der Waals surface area contributed by atoms with Crippen LogP contribution in [0.1, 0.15) is 0 Å². The van der Waals surface area contributed by atoms with Crippen molar-refractivity contribution < 1.29 is 0 Å². The molecule has 0 bridgehead atoms. The van der Waals surface area contributed by atoms with E-state index < -0.39 is 0 Å². The van der Waals surface area contributed by atoms with Gasteiger partial charge in [-0.1, -0.05) is 35.3 Å². The Bertz CT molecular complexity index is 1020. The SMILES string of the molecule is Clc1ccc(-c2ccn(-c3ccnc(Cl)n3)n2)cc1.Clc1ccnc(Cl)n1. The highest BCUT2D eigenvalue weighted by atomic mass is 35.5. The van der Waals surface area contributed by atoms with Gasteiger partial charge in [0.15, 0.2) is 5.82 Å². The van der Waals surface area contributed by atoms with Gasteiger partial charge in [0, 0.05) is 35.2 Å². The first kappa shape index (κ1) is 19.5. The molecule has 27 heavy (non-hydrogen) atoms. The maximum Gasteiger partial charge on any atom is 0.224 e. The fourth-order valence-electron chi connectivity index (χ4n) is 1.99. The van der Waals surface area contributed by atoms with Crippen LogP contribution in [0.5, 0.6) is 0 Å². The first-order chi connectivity index (χ1) is 13.0. The Morgan fingerprint density at radius 3 is 1.96 bits per heavy atom. The largest absolute Gasteiger partial charge is 0.226 e. The van der Waals surface area contributed by atoms with Crippen LogP contribution in [0.15, 0.2) is 61.1 Å². The van der Waals surface area contributed by atoms with E-state index in [0.29, 0.717) is 16.0 Å². The third-order valence-electron chi connectivity index (χ3n) is 3.17. The maximum absolute atomic E-state index is 5.86. The lowest BCUT2D eigenvalue weighted by atomic mass is 10.2. The number of hydrogen-bond acceptors (Lipinski definition) is 5. The van der Waals surface area contributed by atoms with Gasteiger partial charge < -0.3 is 0 Å². The predicted octanol–water partition coefficient (Wildman–Crippen LogP) is 5.42. The van der Waals surface area contributed by atoms with E-state index in [0.717, 1.165) is 11.3 Å². The van der Waals surface area contributed by atoms with Crippen molar-refractivity contribution in [3.05, 3.63) is 81.8 Å². The smallest absolute Gasteiger partial charge is 0.224 e. The minimum atomic E-state index is 0.178. The van der Waals surface area contributed by atoms with Crippen LogP contribution < -0.4 is 0 Å². The Morgan fingerprint density at radius 1 is 0.704 bits per heavy atom. The van der Waals surface area contributed by atoms with Gasteiger partial charge in [0.25, 0.3) is 0 Å². The van der Waals surface area contributed by atoms with E-state index in [2.05, 4.69) is 25.0 Å². The zero-order valence-corrected chi connectivity index (χ0v) is 16.5. The van der Waals surface area contributed by atoms with Gasteiger partial charge in [0.05, 0.1) is 5.69 Å². The first-order valence-electron chi connectivity index (χ1n) is 7.46. The lowest BCUT2D eigenvalue weighted by molar-refractivity contribution is 0.843. The second kappa shape index (κ2) is 9.10. The van der Waals surface area contributed by atoms with Gasteiger partial charge in [-0.3, -0.25) is 0 Å². The summed E-state index contributed by atoms with van der Waals surface area (Å²) in [7, 11) is 0. The zero-order chi connectivity index (χ0) is 19.2. The van der Waals surface area contributed by atoms with Crippen LogP contribution >= 0.6 is 46.4 Å². The number of benzene rings is 1. The van der Waals surface area contributed by atoms with Crippen molar-refractivity contribution >= 4 is 46.4 Å². The van der Waals surface area contributed by atoms with E-state index >= 15 is 0 Å². The van der Waals surface area contributed by atoms with Crippen molar-refractivity contribution in [2.45, 2.75) is 0 Å². The number of nitrogens with zero attached hydrogens (tertiary/aromatic N) is 6. The van der Waals surface area contributed by atoms with E-state index in [1.165, 1.54) is 6.20 Å². The summed E-state index contributed by atoms with van der Waals surface area (Å²) in [4.78, 5) is 15.1. The molecule has 0 fully saturated rings.